The molecule has 1 atom stereocenters. The van der Waals surface area contributed by atoms with Crippen LogP contribution in [0.2, 0.25) is 0 Å². The fourth-order valence-corrected chi connectivity index (χ4v) is 4.38. The zero-order valence-corrected chi connectivity index (χ0v) is 15.2. The molecule has 1 amide bonds. The van der Waals surface area contributed by atoms with Gasteiger partial charge in [-0.05, 0) is 42.0 Å². The molecule has 0 aliphatic heterocycles. The van der Waals surface area contributed by atoms with Crippen LogP contribution in [0.4, 0.5) is 10.1 Å². The van der Waals surface area contributed by atoms with E-state index < -0.39 is 27.8 Å². The monoisotopic (exact) mass is 370 g/mol. The number of benzene rings is 1. The van der Waals surface area contributed by atoms with Gasteiger partial charge in [-0.2, -0.15) is 4.72 Å². The van der Waals surface area contributed by atoms with E-state index in [0.717, 1.165) is 11.3 Å². The van der Waals surface area contributed by atoms with Crippen LogP contribution in [-0.4, -0.2) is 20.4 Å². The third-order valence-corrected chi connectivity index (χ3v) is 6.27. The third-order valence-electron chi connectivity index (χ3n) is 3.43. The van der Waals surface area contributed by atoms with Crippen LogP contribution < -0.4 is 10.0 Å². The highest BCUT2D eigenvalue weighted by Gasteiger charge is 2.29. The molecule has 1 aromatic carbocycles. The van der Waals surface area contributed by atoms with E-state index in [9.17, 15) is 17.6 Å². The van der Waals surface area contributed by atoms with Gasteiger partial charge in [-0.15, -0.1) is 11.3 Å². The summed E-state index contributed by atoms with van der Waals surface area (Å²) in [6, 6.07) is 6.45. The highest BCUT2D eigenvalue weighted by molar-refractivity contribution is 7.91. The number of hydrogen-bond acceptors (Lipinski definition) is 4. The van der Waals surface area contributed by atoms with Crippen LogP contribution in [0.3, 0.4) is 0 Å². The van der Waals surface area contributed by atoms with Gasteiger partial charge >= 0.3 is 0 Å². The molecule has 2 aromatic rings. The van der Waals surface area contributed by atoms with Gasteiger partial charge in [-0.1, -0.05) is 26.0 Å². The quantitative estimate of drug-likeness (QED) is 0.820. The minimum atomic E-state index is -3.78. The first kappa shape index (κ1) is 18.6. The maximum atomic E-state index is 13.6. The van der Waals surface area contributed by atoms with Crippen molar-refractivity contribution in [3.05, 3.63) is 47.1 Å². The molecule has 2 rings (SSSR count). The van der Waals surface area contributed by atoms with Crippen molar-refractivity contribution in [2.24, 2.45) is 5.92 Å². The second-order valence-corrected chi connectivity index (χ2v) is 8.62. The fraction of sp³-hybridized carbons (Fsp3) is 0.312. The molecule has 130 valence electrons. The lowest BCUT2D eigenvalue weighted by molar-refractivity contribution is -0.118. The topological polar surface area (TPSA) is 75.3 Å². The van der Waals surface area contributed by atoms with Gasteiger partial charge in [0.1, 0.15) is 16.1 Å². The Hall–Kier alpha value is -1.77. The Kier molecular flexibility index (Phi) is 5.74. The van der Waals surface area contributed by atoms with E-state index >= 15 is 0 Å². The van der Waals surface area contributed by atoms with Gasteiger partial charge < -0.3 is 5.32 Å². The fourth-order valence-electron chi connectivity index (χ4n) is 2.02. The predicted octanol–water partition coefficient (Wildman–Crippen LogP) is 3.14. The van der Waals surface area contributed by atoms with Gasteiger partial charge in [0.05, 0.1) is 0 Å². The van der Waals surface area contributed by atoms with E-state index in [0.29, 0.717) is 5.56 Å². The van der Waals surface area contributed by atoms with Crippen molar-refractivity contribution >= 4 is 33.0 Å². The Morgan fingerprint density at radius 2 is 1.96 bits per heavy atom. The lowest BCUT2D eigenvalue weighted by Gasteiger charge is -2.21. The largest absolute Gasteiger partial charge is 0.325 e. The first-order chi connectivity index (χ1) is 11.2. The van der Waals surface area contributed by atoms with Gasteiger partial charge in [0.2, 0.25) is 5.91 Å². The van der Waals surface area contributed by atoms with E-state index in [4.69, 9.17) is 0 Å². The Balaban J connectivity index is 2.18. The Morgan fingerprint density at radius 3 is 2.50 bits per heavy atom. The van der Waals surface area contributed by atoms with E-state index in [-0.39, 0.29) is 15.8 Å². The summed E-state index contributed by atoms with van der Waals surface area (Å²) in [7, 11) is -3.78. The van der Waals surface area contributed by atoms with Crippen LogP contribution >= 0.6 is 11.3 Å². The average Bonchev–Trinajstić information content (AvgIpc) is 3.03. The van der Waals surface area contributed by atoms with Crippen LogP contribution in [-0.2, 0) is 14.8 Å². The van der Waals surface area contributed by atoms with Gasteiger partial charge in [-0.25, -0.2) is 12.8 Å². The number of carbonyl (C=O) groups excluding carboxylic acids is 1. The van der Waals surface area contributed by atoms with Crippen molar-refractivity contribution < 1.29 is 17.6 Å². The molecule has 0 spiro atoms. The molecule has 5 nitrogen and oxygen atoms in total. The van der Waals surface area contributed by atoms with Crippen molar-refractivity contribution in [3.63, 3.8) is 0 Å². The molecule has 2 N–H and O–H groups in total. The molecule has 0 unspecified atom stereocenters. The number of sulfonamides is 1. The summed E-state index contributed by atoms with van der Waals surface area (Å²) < 4.78 is 40.8. The zero-order chi connectivity index (χ0) is 17.9. The first-order valence-corrected chi connectivity index (χ1v) is 9.70. The molecule has 0 saturated heterocycles. The summed E-state index contributed by atoms with van der Waals surface area (Å²) in [5.74, 6) is -1.25. The van der Waals surface area contributed by atoms with Crippen molar-refractivity contribution in [2.75, 3.05) is 5.32 Å². The number of hydrogen-bond donors (Lipinski definition) is 2. The van der Waals surface area contributed by atoms with Crippen molar-refractivity contribution in [3.8, 4) is 0 Å². The SMILES string of the molecule is Cc1ccc(NC(=O)[C@@H](NS(=O)(=O)c2cccs2)C(C)C)cc1F. The molecule has 0 saturated carbocycles. The number of anilines is 1. The molecule has 1 aromatic heterocycles. The molecular weight excluding hydrogens is 351 g/mol. The van der Waals surface area contributed by atoms with Crippen LogP contribution in [0.5, 0.6) is 0 Å². The summed E-state index contributed by atoms with van der Waals surface area (Å²) in [6.07, 6.45) is 0. The lowest BCUT2D eigenvalue weighted by atomic mass is 10.0. The number of rotatable bonds is 6. The summed E-state index contributed by atoms with van der Waals surface area (Å²) in [5.41, 5.74) is 0.746. The number of halogens is 1. The summed E-state index contributed by atoms with van der Waals surface area (Å²) >= 11 is 1.07. The molecule has 0 aliphatic rings. The number of carbonyl (C=O) groups is 1. The standard InChI is InChI=1S/C16H19FN2O3S2/c1-10(2)15(19-24(21,22)14-5-4-8-23-14)16(20)18-12-7-6-11(3)13(17)9-12/h4-10,15,19H,1-3H3,(H,18,20)/t15-/m0/s1. The number of nitrogens with one attached hydrogen (secondary N) is 2. The minimum absolute atomic E-state index is 0.141. The first-order valence-electron chi connectivity index (χ1n) is 7.33. The van der Waals surface area contributed by atoms with E-state index in [2.05, 4.69) is 10.0 Å². The van der Waals surface area contributed by atoms with Gasteiger partial charge in [-0.3, -0.25) is 4.79 Å². The lowest BCUT2D eigenvalue weighted by Crippen LogP contribution is -2.46. The normalized spacial score (nSPS) is 13.0. The molecule has 8 heteroatoms. The van der Waals surface area contributed by atoms with Crippen LogP contribution in [0, 0.1) is 18.7 Å². The van der Waals surface area contributed by atoms with Crippen molar-refractivity contribution in [2.45, 2.75) is 31.0 Å². The molecule has 24 heavy (non-hydrogen) atoms. The molecule has 1 heterocycles. The second-order valence-electron chi connectivity index (χ2n) is 5.73. The van der Waals surface area contributed by atoms with E-state index in [1.807, 2.05) is 0 Å². The summed E-state index contributed by atoms with van der Waals surface area (Å²) in [6.45, 7) is 5.08. The number of amides is 1. The zero-order valence-electron chi connectivity index (χ0n) is 13.5. The smallest absolute Gasteiger partial charge is 0.250 e. The van der Waals surface area contributed by atoms with Crippen LogP contribution in [0.1, 0.15) is 19.4 Å². The molecule has 0 bridgehead atoms. The van der Waals surface area contributed by atoms with Crippen LogP contribution in [0.25, 0.3) is 0 Å². The summed E-state index contributed by atoms with van der Waals surface area (Å²) in [5, 5.41) is 4.20. The van der Waals surface area contributed by atoms with Crippen molar-refractivity contribution in [1.29, 1.82) is 0 Å². The molecule has 0 aliphatic carbocycles. The predicted molar refractivity (Wildman–Crippen MR) is 93.0 cm³/mol. The maximum absolute atomic E-state index is 13.6. The third kappa shape index (κ3) is 4.40. The number of thiophene rings is 1. The number of aryl methyl sites for hydroxylation is 1. The second kappa shape index (κ2) is 7.42. The van der Waals surface area contributed by atoms with Crippen molar-refractivity contribution in [1.82, 2.24) is 4.72 Å². The van der Waals surface area contributed by atoms with E-state index in [1.54, 1.807) is 44.4 Å². The van der Waals surface area contributed by atoms with Gasteiger partial charge in [0.15, 0.2) is 0 Å². The van der Waals surface area contributed by atoms with E-state index in [1.165, 1.54) is 12.1 Å². The Labute approximate surface area is 145 Å². The maximum Gasteiger partial charge on any atom is 0.250 e. The average molecular weight is 370 g/mol. The molecule has 0 fully saturated rings. The van der Waals surface area contributed by atoms with Gasteiger partial charge in [0, 0.05) is 5.69 Å². The Morgan fingerprint density at radius 1 is 1.25 bits per heavy atom. The van der Waals surface area contributed by atoms with Gasteiger partial charge in [0.25, 0.3) is 10.0 Å². The Bertz CT molecular complexity index is 818. The highest BCUT2D eigenvalue weighted by atomic mass is 32.2. The highest BCUT2D eigenvalue weighted by Crippen LogP contribution is 2.19. The molecular formula is C16H19FN2O3S2. The minimum Gasteiger partial charge on any atom is -0.325 e. The molecule has 0 radical (unpaired) electrons. The summed E-state index contributed by atoms with van der Waals surface area (Å²) in [4.78, 5) is 12.4. The van der Waals surface area contributed by atoms with Crippen LogP contribution in [0.15, 0.2) is 39.9 Å².